The van der Waals surface area contributed by atoms with Gasteiger partial charge < -0.3 is 9.88 Å². The molecule has 8 nitrogen and oxygen atoms in total. The number of pyridine rings is 1. The monoisotopic (exact) mass is 364 g/mol. The number of hydrogen-bond donors (Lipinski definition) is 1. The van der Waals surface area contributed by atoms with Gasteiger partial charge in [-0.25, -0.2) is 24.9 Å². The van der Waals surface area contributed by atoms with Gasteiger partial charge in [0.05, 0.1) is 23.6 Å². The molecule has 0 spiro atoms. The average Bonchev–Trinajstić information content (AvgIpc) is 3.11. The van der Waals surface area contributed by atoms with Crippen LogP contribution in [0.4, 0.5) is 11.6 Å². The molecule has 0 atom stereocenters. The molecule has 0 saturated carbocycles. The summed E-state index contributed by atoms with van der Waals surface area (Å²) in [4.78, 5) is 26.2. The van der Waals surface area contributed by atoms with Crippen molar-refractivity contribution in [3.63, 3.8) is 0 Å². The second-order valence-electron chi connectivity index (χ2n) is 5.51. The van der Waals surface area contributed by atoms with Crippen molar-refractivity contribution in [3.05, 3.63) is 48.9 Å². The van der Waals surface area contributed by atoms with Gasteiger partial charge in [-0.2, -0.15) is 0 Å². The van der Waals surface area contributed by atoms with Crippen LogP contribution in [0.5, 0.6) is 0 Å². The number of nitrogens with one attached hydrogen (secondary N) is 1. The van der Waals surface area contributed by atoms with E-state index in [1.54, 1.807) is 18.6 Å². The normalized spacial score (nSPS) is 11.0. The number of aromatic nitrogens is 7. The fourth-order valence-electron chi connectivity index (χ4n) is 2.38. The topological polar surface area (TPSA) is 94.3 Å². The lowest BCUT2D eigenvalue weighted by Crippen LogP contribution is -2.01. The smallest absolute Gasteiger partial charge is 0.174 e. The van der Waals surface area contributed by atoms with Crippen LogP contribution in [0.3, 0.4) is 0 Å². The first-order valence-electron chi connectivity index (χ1n) is 8.09. The van der Waals surface area contributed by atoms with Crippen LogP contribution in [0.25, 0.3) is 11.0 Å². The molecular formula is C17H16N8S. The molecule has 0 aliphatic carbocycles. The standard InChI is InChI=1S/C17H16N8S/c1-3-25-7-6-18-17(25)26-14-5-4-12-15(24-14)16(22-10-21-12)23-13-9-19-11(2)8-20-13/h4-10H,3H2,1-2H3,(H,20,21,22,23). The molecule has 0 aromatic carbocycles. The SMILES string of the molecule is CCn1ccnc1Sc1ccc2ncnc(Nc3cnc(C)cn3)c2n1. The Labute approximate surface area is 154 Å². The van der Waals surface area contributed by atoms with Gasteiger partial charge in [-0.05, 0) is 37.7 Å². The Kier molecular flexibility index (Phi) is 4.44. The summed E-state index contributed by atoms with van der Waals surface area (Å²) in [5.74, 6) is 1.20. The Hall–Kier alpha value is -3.07. The molecule has 0 saturated heterocycles. The van der Waals surface area contributed by atoms with Crippen LogP contribution in [-0.2, 0) is 6.54 Å². The highest BCUT2D eigenvalue weighted by Gasteiger charge is 2.10. The van der Waals surface area contributed by atoms with Gasteiger partial charge in [-0.15, -0.1) is 0 Å². The number of fused-ring (bicyclic) bond motifs is 1. The van der Waals surface area contributed by atoms with Crippen LogP contribution in [-0.4, -0.2) is 34.5 Å². The Morgan fingerprint density at radius 3 is 2.81 bits per heavy atom. The van der Waals surface area contributed by atoms with E-state index in [1.165, 1.54) is 18.1 Å². The lowest BCUT2D eigenvalue weighted by molar-refractivity contribution is 0.680. The lowest BCUT2D eigenvalue weighted by atomic mass is 10.3. The molecule has 26 heavy (non-hydrogen) atoms. The molecule has 0 aliphatic rings. The number of imidazole rings is 1. The van der Waals surface area contributed by atoms with Crippen molar-refractivity contribution in [1.82, 2.24) is 34.5 Å². The third-order valence-corrected chi connectivity index (χ3v) is 4.66. The summed E-state index contributed by atoms with van der Waals surface area (Å²) in [7, 11) is 0. The maximum Gasteiger partial charge on any atom is 0.174 e. The van der Waals surface area contributed by atoms with Crippen LogP contribution in [0, 0.1) is 6.92 Å². The highest BCUT2D eigenvalue weighted by Crippen LogP contribution is 2.28. The zero-order valence-electron chi connectivity index (χ0n) is 14.3. The maximum absolute atomic E-state index is 4.71. The van der Waals surface area contributed by atoms with E-state index < -0.39 is 0 Å². The van der Waals surface area contributed by atoms with Gasteiger partial charge in [0.2, 0.25) is 0 Å². The molecule has 1 N–H and O–H groups in total. The van der Waals surface area contributed by atoms with E-state index >= 15 is 0 Å². The summed E-state index contributed by atoms with van der Waals surface area (Å²) in [6, 6.07) is 3.86. The predicted molar refractivity (Wildman–Crippen MR) is 99.4 cm³/mol. The van der Waals surface area contributed by atoms with E-state index in [1.807, 2.05) is 25.3 Å². The minimum atomic E-state index is 0.592. The Morgan fingerprint density at radius 1 is 1.08 bits per heavy atom. The largest absolute Gasteiger partial charge is 0.326 e. The molecule has 4 aromatic rings. The van der Waals surface area contributed by atoms with Crippen LogP contribution in [0.1, 0.15) is 12.6 Å². The average molecular weight is 364 g/mol. The Bertz CT molecular complexity index is 1040. The summed E-state index contributed by atoms with van der Waals surface area (Å²) in [5.41, 5.74) is 2.28. The zero-order valence-corrected chi connectivity index (χ0v) is 15.1. The van der Waals surface area contributed by atoms with Gasteiger partial charge in [0.1, 0.15) is 22.7 Å². The van der Waals surface area contributed by atoms with Crippen LogP contribution in [0.2, 0.25) is 0 Å². The molecule has 0 aliphatic heterocycles. The molecule has 0 unspecified atom stereocenters. The van der Waals surface area contributed by atoms with Crippen LogP contribution < -0.4 is 5.32 Å². The van der Waals surface area contributed by atoms with Crippen molar-refractivity contribution in [2.45, 2.75) is 30.6 Å². The highest BCUT2D eigenvalue weighted by atomic mass is 32.2. The Balaban J connectivity index is 1.68. The molecule has 4 aromatic heterocycles. The summed E-state index contributed by atoms with van der Waals surface area (Å²) in [6.07, 6.45) is 8.62. The van der Waals surface area contributed by atoms with Gasteiger partial charge in [0.25, 0.3) is 0 Å². The fourth-order valence-corrected chi connectivity index (χ4v) is 3.26. The van der Waals surface area contributed by atoms with Crippen molar-refractivity contribution in [2.75, 3.05) is 5.32 Å². The summed E-state index contributed by atoms with van der Waals surface area (Å²) in [6.45, 7) is 4.83. The van der Waals surface area contributed by atoms with Crippen molar-refractivity contribution in [2.24, 2.45) is 0 Å². The predicted octanol–water partition coefficient (Wildman–Crippen LogP) is 3.23. The lowest BCUT2D eigenvalue weighted by Gasteiger charge is -2.08. The maximum atomic E-state index is 4.71. The van der Waals surface area contributed by atoms with E-state index in [0.717, 1.165) is 27.9 Å². The number of anilines is 2. The zero-order chi connectivity index (χ0) is 17.9. The van der Waals surface area contributed by atoms with Gasteiger partial charge in [0, 0.05) is 18.9 Å². The highest BCUT2D eigenvalue weighted by molar-refractivity contribution is 7.99. The minimum Gasteiger partial charge on any atom is -0.326 e. The molecular weight excluding hydrogens is 348 g/mol. The minimum absolute atomic E-state index is 0.592. The number of rotatable bonds is 5. The fraction of sp³-hybridized carbons (Fsp3) is 0.176. The van der Waals surface area contributed by atoms with Crippen molar-refractivity contribution in [3.8, 4) is 0 Å². The van der Waals surface area contributed by atoms with Crippen molar-refractivity contribution < 1.29 is 0 Å². The third kappa shape index (κ3) is 3.33. The first-order valence-corrected chi connectivity index (χ1v) is 8.91. The van der Waals surface area contributed by atoms with Crippen LogP contribution >= 0.6 is 11.8 Å². The van der Waals surface area contributed by atoms with Gasteiger partial charge in [-0.1, -0.05) is 0 Å². The summed E-state index contributed by atoms with van der Waals surface area (Å²) >= 11 is 1.51. The van der Waals surface area contributed by atoms with Gasteiger partial charge in [-0.3, -0.25) is 4.98 Å². The quantitative estimate of drug-likeness (QED) is 0.577. The summed E-state index contributed by atoms with van der Waals surface area (Å²) < 4.78 is 2.07. The molecule has 130 valence electrons. The number of nitrogens with zero attached hydrogens (tertiary/aromatic N) is 7. The first-order chi connectivity index (χ1) is 12.7. The molecule has 0 radical (unpaired) electrons. The van der Waals surface area contributed by atoms with Crippen molar-refractivity contribution >= 4 is 34.4 Å². The van der Waals surface area contributed by atoms with E-state index in [4.69, 9.17) is 4.98 Å². The summed E-state index contributed by atoms with van der Waals surface area (Å²) in [5, 5.41) is 4.89. The Morgan fingerprint density at radius 2 is 2.00 bits per heavy atom. The molecule has 0 fully saturated rings. The van der Waals surface area contributed by atoms with Gasteiger partial charge >= 0.3 is 0 Å². The van der Waals surface area contributed by atoms with E-state index in [2.05, 4.69) is 41.7 Å². The van der Waals surface area contributed by atoms with Crippen LogP contribution in [0.15, 0.2) is 53.4 Å². The van der Waals surface area contributed by atoms with E-state index in [9.17, 15) is 0 Å². The molecule has 4 heterocycles. The second kappa shape index (κ2) is 7.04. The third-order valence-electron chi connectivity index (χ3n) is 3.70. The van der Waals surface area contributed by atoms with E-state index in [0.29, 0.717) is 17.2 Å². The van der Waals surface area contributed by atoms with Crippen molar-refractivity contribution in [1.29, 1.82) is 0 Å². The molecule has 0 bridgehead atoms. The second-order valence-corrected chi connectivity index (χ2v) is 6.49. The number of aryl methyl sites for hydroxylation is 2. The van der Waals surface area contributed by atoms with E-state index in [-0.39, 0.29) is 0 Å². The molecule has 0 amide bonds. The first kappa shape index (κ1) is 16.4. The molecule has 9 heteroatoms. The molecule has 4 rings (SSSR count). The van der Waals surface area contributed by atoms with Gasteiger partial charge in [0.15, 0.2) is 11.0 Å². The number of hydrogen-bond acceptors (Lipinski definition) is 8.